The summed E-state index contributed by atoms with van der Waals surface area (Å²) in [7, 11) is 0. The van der Waals surface area contributed by atoms with Gasteiger partial charge in [0.2, 0.25) is 0 Å². The van der Waals surface area contributed by atoms with E-state index in [1.165, 1.54) is 0 Å². The molecule has 0 heterocycles. The first-order chi connectivity index (χ1) is 5.79. The number of carbonyl (C=O) groups excluding carboxylic acids is 1. The highest BCUT2D eigenvalue weighted by atomic mass is 16.1. The van der Waals surface area contributed by atoms with E-state index < -0.39 is 0 Å². The highest BCUT2D eigenvalue weighted by molar-refractivity contribution is 5.94. The molecular formula is C11H14O. The Morgan fingerprint density at radius 2 is 2.08 bits per heavy atom. The number of ketones is 1. The number of Topliss-reactive ketones (excluding diaryl/α,β-unsaturated/α-hetero) is 1. The Kier molecular flexibility index (Phi) is 1.87. The number of allylic oxidation sites excluding steroid dienone is 4. The molecule has 2 atom stereocenters. The van der Waals surface area contributed by atoms with Gasteiger partial charge in [-0.2, -0.15) is 0 Å². The molecule has 2 unspecified atom stereocenters. The van der Waals surface area contributed by atoms with Gasteiger partial charge in [0.05, 0.1) is 0 Å². The molecule has 0 amide bonds. The van der Waals surface area contributed by atoms with Gasteiger partial charge in [0.1, 0.15) is 0 Å². The minimum absolute atomic E-state index is 0.276. The second-order valence-corrected chi connectivity index (χ2v) is 3.76. The van der Waals surface area contributed by atoms with Crippen molar-refractivity contribution in [2.75, 3.05) is 0 Å². The van der Waals surface area contributed by atoms with E-state index in [2.05, 4.69) is 18.2 Å². The van der Waals surface area contributed by atoms with Crippen molar-refractivity contribution in [2.45, 2.75) is 26.2 Å². The molecular weight excluding hydrogens is 148 g/mol. The van der Waals surface area contributed by atoms with Crippen LogP contribution < -0.4 is 0 Å². The van der Waals surface area contributed by atoms with Crippen LogP contribution >= 0.6 is 0 Å². The lowest BCUT2D eigenvalue weighted by Crippen LogP contribution is -2.16. The van der Waals surface area contributed by atoms with E-state index in [4.69, 9.17) is 0 Å². The molecule has 0 aromatic rings. The van der Waals surface area contributed by atoms with Gasteiger partial charge in [-0.25, -0.2) is 0 Å². The normalized spacial score (nSPS) is 32.9. The van der Waals surface area contributed by atoms with Crippen molar-refractivity contribution in [2.24, 2.45) is 11.8 Å². The highest BCUT2D eigenvalue weighted by Crippen LogP contribution is 2.39. The molecule has 0 aliphatic heterocycles. The summed E-state index contributed by atoms with van der Waals surface area (Å²) in [5, 5.41) is 0. The molecule has 0 spiro atoms. The third kappa shape index (κ3) is 1.13. The molecule has 2 rings (SSSR count). The van der Waals surface area contributed by atoms with Crippen LogP contribution in [0.4, 0.5) is 0 Å². The van der Waals surface area contributed by atoms with Gasteiger partial charge in [-0.3, -0.25) is 4.79 Å². The van der Waals surface area contributed by atoms with Crippen molar-refractivity contribution in [1.29, 1.82) is 0 Å². The lowest BCUT2D eigenvalue weighted by molar-refractivity contribution is -0.114. The molecule has 0 saturated carbocycles. The predicted octanol–water partition coefficient (Wildman–Crippen LogP) is 2.49. The van der Waals surface area contributed by atoms with Crippen LogP contribution in [0.25, 0.3) is 0 Å². The Balaban J connectivity index is 2.19. The number of fused-ring (bicyclic) bond motifs is 1. The summed E-state index contributed by atoms with van der Waals surface area (Å²) in [5.74, 6) is 1.55. The Morgan fingerprint density at radius 3 is 2.83 bits per heavy atom. The molecule has 12 heavy (non-hydrogen) atoms. The van der Waals surface area contributed by atoms with Gasteiger partial charge in [-0.1, -0.05) is 18.2 Å². The summed E-state index contributed by atoms with van der Waals surface area (Å²) in [4.78, 5) is 11.2. The van der Waals surface area contributed by atoms with Crippen molar-refractivity contribution in [1.82, 2.24) is 0 Å². The van der Waals surface area contributed by atoms with Gasteiger partial charge in [0.15, 0.2) is 5.78 Å². The van der Waals surface area contributed by atoms with Crippen LogP contribution in [-0.4, -0.2) is 5.78 Å². The summed E-state index contributed by atoms with van der Waals surface area (Å²) < 4.78 is 0. The van der Waals surface area contributed by atoms with Crippen molar-refractivity contribution < 1.29 is 4.79 Å². The fourth-order valence-corrected chi connectivity index (χ4v) is 2.35. The first-order valence-corrected chi connectivity index (χ1v) is 4.65. The van der Waals surface area contributed by atoms with E-state index in [0.29, 0.717) is 5.92 Å². The summed E-state index contributed by atoms with van der Waals surface area (Å²) in [6, 6.07) is 0. The summed E-state index contributed by atoms with van der Waals surface area (Å²) in [6.45, 7) is 1.69. The topological polar surface area (TPSA) is 17.1 Å². The predicted molar refractivity (Wildman–Crippen MR) is 48.7 cm³/mol. The van der Waals surface area contributed by atoms with Crippen LogP contribution in [0.5, 0.6) is 0 Å². The Bertz CT molecular complexity index is 260. The molecule has 0 saturated heterocycles. The molecule has 0 aromatic carbocycles. The van der Waals surface area contributed by atoms with Crippen LogP contribution in [-0.2, 0) is 4.79 Å². The maximum atomic E-state index is 11.2. The van der Waals surface area contributed by atoms with E-state index in [0.717, 1.165) is 30.8 Å². The molecule has 2 aliphatic rings. The van der Waals surface area contributed by atoms with E-state index in [-0.39, 0.29) is 5.78 Å². The van der Waals surface area contributed by atoms with Crippen molar-refractivity contribution in [3.63, 3.8) is 0 Å². The van der Waals surface area contributed by atoms with Crippen molar-refractivity contribution >= 4 is 5.78 Å². The van der Waals surface area contributed by atoms with E-state index in [1.807, 2.05) is 0 Å². The average Bonchev–Trinajstić information content (AvgIpc) is 2.47. The third-order valence-electron chi connectivity index (χ3n) is 3.01. The molecule has 0 bridgehead atoms. The van der Waals surface area contributed by atoms with Gasteiger partial charge < -0.3 is 0 Å². The number of rotatable bonds is 1. The first kappa shape index (κ1) is 7.78. The summed E-state index contributed by atoms with van der Waals surface area (Å²) in [6.07, 6.45) is 9.96. The lowest BCUT2D eigenvalue weighted by Gasteiger charge is -2.22. The maximum absolute atomic E-state index is 11.2. The van der Waals surface area contributed by atoms with Crippen LogP contribution in [0.15, 0.2) is 23.8 Å². The molecule has 1 heteroatoms. The summed E-state index contributed by atoms with van der Waals surface area (Å²) >= 11 is 0. The zero-order chi connectivity index (χ0) is 8.55. The Morgan fingerprint density at radius 1 is 1.33 bits per heavy atom. The van der Waals surface area contributed by atoms with Crippen molar-refractivity contribution in [3.05, 3.63) is 23.8 Å². The Hall–Kier alpha value is -0.850. The van der Waals surface area contributed by atoms with E-state index >= 15 is 0 Å². The second-order valence-electron chi connectivity index (χ2n) is 3.76. The van der Waals surface area contributed by atoms with Crippen LogP contribution in [0.3, 0.4) is 0 Å². The zero-order valence-electron chi connectivity index (χ0n) is 7.42. The largest absolute Gasteiger partial charge is 0.295 e. The quantitative estimate of drug-likeness (QED) is 0.541. The van der Waals surface area contributed by atoms with Crippen LogP contribution in [0.2, 0.25) is 0 Å². The van der Waals surface area contributed by atoms with Crippen molar-refractivity contribution in [3.8, 4) is 0 Å². The monoisotopic (exact) mass is 162 g/mol. The van der Waals surface area contributed by atoms with Gasteiger partial charge in [0, 0.05) is 0 Å². The van der Waals surface area contributed by atoms with E-state index in [9.17, 15) is 4.79 Å². The van der Waals surface area contributed by atoms with Crippen LogP contribution in [0, 0.1) is 11.8 Å². The molecule has 2 aliphatic carbocycles. The molecule has 64 valence electrons. The van der Waals surface area contributed by atoms with Gasteiger partial charge in [-0.05, 0) is 43.6 Å². The number of carbonyl (C=O) groups is 1. The fourth-order valence-electron chi connectivity index (χ4n) is 2.35. The third-order valence-corrected chi connectivity index (χ3v) is 3.01. The zero-order valence-corrected chi connectivity index (χ0v) is 7.42. The highest BCUT2D eigenvalue weighted by Gasteiger charge is 2.31. The summed E-state index contributed by atoms with van der Waals surface area (Å²) in [5.41, 5.74) is 1.09. The van der Waals surface area contributed by atoms with Gasteiger partial charge >= 0.3 is 0 Å². The van der Waals surface area contributed by atoms with Gasteiger partial charge in [0.25, 0.3) is 0 Å². The Labute approximate surface area is 73.2 Å². The van der Waals surface area contributed by atoms with E-state index in [1.54, 1.807) is 6.92 Å². The molecule has 1 nitrogen and oxygen atoms in total. The number of hydrogen-bond acceptors (Lipinski definition) is 1. The standard InChI is InChI=1S/C11H14O/c1-8(12)10-7-6-9-4-2-3-5-11(9)10/h2-3,7,9,11H,4-6H2,1H3. The smallest absolute Gasteiger partial charge is 0.155 e. The lowest BCUT2D eigenvalue weighted by atomic mass is 9.81. The molecule has 0 aromatic heterocycles. The SMILES string of the molecule is CC(=O)C1=CCC2CC=CCC12. The van der Waals surface area contributed by atoms with Gasteiger partial charge in [-0.15, -0.1) is 0 Å². The fraction of sp³-hybridized carbons (Fsp3) is 0.545. The minimum Gasteiger partial charge on any atom is -0.295 e. The molecule has 0 radical (unpaired) electrons. The molecule has 0 fully saturated rings. The minimum atomic E-state index is 0.276. The first-order valence-electron chi connectivity index (χ1n) is 4.65. The number of hydrogen-bond donors (Lipinski definition) is 0. The maximum Gasteiger partial charge on any atom is 0.155 e. The second kappa shape index (κ2) is 2.89. The van der Waals surface area contributed by atoms with Crippen LogP contribution in [0.1, 0.15) is 26.2 Å². The molecule has 0 N–H and O–H groups in total. The average molecular weight is 162 g/mol.